The van der Waals surface area contributed by atoms with Gasteiger partial charge in [0.15, 0.2) is 11.5 Å². The molecular formula is C16H13BrN2O2. The van der Waals surface area contributed by atoms with Crippen molar-refractivity contribution in [2.24, 2.45) is 0 Å². The molecule has 0 atom stereocenters. The number of rotatable bonds is 1. The summed E-state index contributed by atoms with van der Waals surface area (Å²) in [6.07, 6.45) is 0. The fraction of sp³-hybridized carbons (Fsp3) is 0.188. The predicted octanol–water partition coefficient (Wildman–Crippen LogP) is 4.07. The molecule has 106 valence electrons. The summed E-state index contributed by atoms with van der Waals surface area (Å²) in [5.41, 5.74) is 4.07. The van der Waals surface area contributed by atoms with E-state index in [2.05, 4.69) is 51.0 Å². The molecule has 3 aromatic rings. The van der Waals surface area contributed by atoms with E-state index in [1.54, 1.807) is 0 Å². The van der Waals surface area contributed by atoms with Gasteiger partial charge in [-0.15, -0.1) is 0 Å². The third kappa shape index (κ3) is 2.17. The van der Waals surface area contributed by atoms with Crippen molar-refractivity contribution in [1.82, 2.24) is 9.97 Å². The molecule has 2 aromatic carbocycles. The summed E-state index contributed by atoms with van der Waals surface area (Å²) in [5, 5.41) is 0. The number of imidazole rings is 1. The minimum Gasteiger partial charge on any atom is -0.486 e. The summed E-state index contributed by atoms with van der Waals surface area (Å²) in [4.78, 5) is 8.01. The number of H-pyrrole nitrogens is 1. The first kappa shape index (κ1) is 12.7. The molecular weight excluding hydrogens is 332 g/mol. The maximum absolute atomic E-state index is 5.60. The number of ether oxygens (including phenoxy) is 2. The highest BCUT2D eigenvalue weighted by Crippen LogP contribution is 2.35. The second kappa shape index (κ2) is 4.77. The standard InChI is InChI=1S/C16H13BrN2O2/c1-9-2-3-10(11(17)6-9)16-18-12-7-14-15(8-13(12)19-16)21-5-4-20-14/h2-3,6-8H,4-5H2,1H3,(H,18,19). The van der Waals surface area contributed by atoms with Gasteiger partial charge in [-0.2, -0.15) is 0 Å². The molecule has 0 aliphatic carbocycles. The van der Waals surface area contributed by atoms with Crippen LogP contribution in [0.25, 0.3) is 22.4 Å². The molecule has 4 nitrogen and oxygen atoms in total. The van der Waals surface area contributed by atoms with E-state index in [0.29, 0.717) is 13.2 Å². The largest absolute Gasteiger partial charge is 0.486 e. The van der Waals surface area contributed by atoms with Gasteiger partial charge < -0.3 is 14.5 Å². The Morgan fingerprint density at radius 2 is 1.86 bits per heavy atom. The van der Waals surface area contributed by atoms with Crippen LogP contribution in [0.1, 0.15) is 5.56 Å². The van der Waals surface area contributed by atoms with Crippen LogP contribution in [0.3, 0.4) is 0 Å². The molecule has 0 radical (unpaired) electrons. The van der Waals surface area contributed by atoms with Crippen LogP contribution in [0.2, 0.25) is 0 Å². The predicted molar refractivity (Wildman–Crippen MR) is 85.0 cm³/mol. The summed E-state index contributed by atoms with van der Waals surface area (Å²) >= 11 is 3.60. The Morgan fingerprint density at radius 1 is 1.10 bits per heavy atom. The zero-order valence-electron chi connectivity index (χ0n) is 11.4. The normalized spacial score (nSPS) is 13.6. The molecule has 0 unspecified atom stereocenters. The number of benzene rings is 2. The van der Waals surface area contributed by atoms with Crippen molar-refractivity contribution in [1.29, 1.82) is 0 Å². The first-order chi connectivity index (χ1) is 10.2. The lowest BCUT2D eigenvalue weighted by atomic mass is 10.1. The quantitative estimate of drug-likeness (QED) is 0.723. The number of halogens is 1. The molecule has 5 heteroatoms. The van der Waals surface area contributed by atoms with Crippen LogP contribution in [0.4, 0.5) is 0 Å². The second-order valence-corrected chi connectivity index (χ2v) is 5.94. The Bertz CT molecular complexity index is 799. The van der Waals surface area contributed by atoms with Gasteiger partial charge in [-0.3, -0.25) is 0 Å². The van der Waals surface area contributed by atoms with Gasteiger partial charge in [0.05, 0.1) is 11.0 Å². The summed E-state index contributed by atoms with van der Waals surface area (Å²) in [6.45, 7) is 3.23. The van der Waals surface area contributed by atoms with Crippen molar-refractivity contribution in [3.63, 3.8) is 0 Å². The minimum atomic E-state index is 0.583. The molecule has 21 heavy (non-hydrogen) atoms. The Labute approximate surface area is 130 Å². The lowest BCUT2D eigenvalue weighted by molar-refractivity contribution is 0.172. The number of aromatic amines is 1. The van der Waals surface area contributed by atoms with E-state index in [0.717, 1.165) is 38.4 Å². The Kier molecular flexibility index (Phi) is 2.89. The summed E-state index contributed by atoms with van der Waals surface area (Å²) in [7, 11) is 0. The monoisotopic (exact) mass is 344 g/mol. The van der Waals surface area contributed by atoms with E-state index in [4.69, 9.17) is 9.47 Å². The smallest absolute Gasteiger partial charge is 0.163 e. The van der Waals surface area contributed by atoms with Crippen molar-refractivity contribution < 1.29 is 9.47 Å². The molecule has 1 aliphatic rings. The van der Waals surface area contributed by atoms with Crippen LogP contribution in [0.5, 0.6) is 11.5 Å². The lowest BCUT2D eigenvalue weighted by Gasteiger charge is -2.17. The third-order valence-electron chi connectivity index (χ3n) is 3.53. The minimum absolute atomic E-state index is 0.583. The van der Waals surface area contributed by atoms with Crippen LogP contribution < -0.4 is 9.47 Å². The third-order valence-corrected chi connectivity index (χ3v) is 4.18. The molecule has 0 spiro atoms. The molecule has 2 heterocycles. The maximum atomic E-state index is 5.60. The number of fused-ring (bicyclic) bond motifs is 2. The highest BCUT2D eigenvalue weighted by atomic mass is 79.9. The molecule has 4 rings (SSSR count). The lowest BCUT2D eigenvalue weighted by Crippen LogP contribution is -2.15. The van der Waals surface area contributed by atoms with Crippen LogP contribution >= 0.6 is 15.9 Å². The van der Waals surface area contributed by atoms with E-state index >= 15 is 0 Å². The van der Waals surface area contributed by atoms with Crippen LogP contribution in [0.15, 0.2) is 34.8 Å². The number of nitrogens with zero attached hydrogens (tertiary/aromatic N) is 1. The fourth-order valence-corrected chi connectivity index (χ4v) is 3.17. The van der Waals surface area contributed by atoms with Gasteiger partial charge in [0, 0.05) is 22.2 Å². The van der Waals surface area contributed by atoms with Gasteiger partial charge in [-0.05, 0) is 24.6 Å². The van der Waals surface area contributed by atoms with Gasteiger partial charge >= 0.3 is 0 Å². The molecule has 0 fully saturated rings. The van der Waals surface area contributed by atoms with E-state index < -0.39 is 0 Å². The average molecular weight is 345 g/mol. The number of aryl methyl sites for hydroxylation is 1. The van der Waals surface area contributed by atoms with Crippen LogP contribution in [-0.2, 0) is 0 Å². The fourth-order valence-electron chi connectivity index (χ4n) is 2.49. The van der Waals surface area contributed by atoms with Gasteiger partial charge in [0.2, 0.25) is 0 Å². The number of hydrogen-bond acceptors (Lipinski definition) is 3. The van der Waals surface area contributed by atoms with E-state index in [1.165, 1.54) is 5.56 Å². The number of aromatic nitrogens is 2. The number of hydrogen-bond donors (Lipinski definition) is 1. The molecule has 0 saturated heterocycles. The van der Waals surface area contributed by atoms with Crippen molar-refractivity contribution in [2.75, 3.05) is 13.2 Å². The summed E-state index contributed by atoms with van der Waals surface area (Å²) < 4.78 is 12.2. The van der Waals surface area contributed by atoms with E-state index in [-0.39, 0.29) is 0 Å². The molecule has 0 bridgehead atoms. The Balaban J connectivity index is 1.86. The average Bonchev–Trinajstić information content (AvgIpc) is 2.87. The molecule has 0 saturated carbocycles. The van der Waals surface area contributed by atoms with Crippen molar-refractivity contribution in [2.45, 2.75) is 6.92 Å². The van der Waals surface area contributed by atoms with E-state index in [9.17, 15) is 0 Å². The molecule has 0 amide bonds. The zero-order valence-corrected chi connectivity index (χ0v) is 13.0. The van der Waals surface area contributed by atoms with Crippen molar-refractivity contribution in [3.8, 4) is 22.9 Å². The number of nitrogens with one attached hydrogen (secondary N) is 1. The highest BCUT2D eigenvalue weighted by molar-refractivity contribution is 9.10. The maximum Gasteiger partial charge on any atom is 0.163 e. The van der Waals surface area contributed by atoms with Crippen LogP contribution in [-0.4, -0.2) is 23.2 Å². The first-order valence-corrected chi connectivity index (χ1v) is 7.56. The summed E-state index contributed by atoms with van der Waals surface area (Å²) in [6, 6.07) is 10.1. The SMILES string of the molecule is Cc1ccc(-c2nc3cc4c(cc3[nH]2)OCCO4)c(Br)c1. The van der Waals surface area contributed by atoms with Crippen LogP contribution in [0, 0.1) is 6.92 Å². The zero-order chi connectivity index (χ0) is 14.4. The van der Waals surface area contributed by atoms with E-state index in [1.807, 2.05) is 12.1 Å². The van der Waals surface area contributed by atoms with Gasteiger partial charge in [-0.1, -0.05) is 22.0 Å². The van der Waals surface area contributed by atoms with Gasteiger partial charge in [0.25, 0.3) is 0 Å². The highest BCUT2D eigenvalue weighted by Gasteiger charge is 2.16. The van der Waals surface area contributed by atoms with Gasteiger partial charge in [0.1, 0.15) is 19.0 Å². The Hall–Kier alpha value is -2.01. The van der Waals surface area contributed by atoms with Crippen molar-refractivity contribution in [3.05, 3.63) is 40.4 Å². The van der Waals surface area contributed by atoms with Crippen molar-refractivity contribution >= 4 is 27.0 Å². The topological polar surface area (TPSA) is 47.1 Å². The Morgan fingerprint density at radius 3 is 2.62 bits per heavy atom. The summed E-state index contributed by atoms with van der Waals surface area (Å²) in [5.74, 6) is 2.36. The molecule has 1 aromatic heterocycles. The molecule has 1 N–H and O–H groups in total. The second-order valence-electron chi connectivity index (χ2n) is 5.08. The molecule has 1 aliphatic heterocycles. The first-order valence-electron chi connectivity index (χ1n) is 6.76. The van der Waals surface area contributed by atoms with Gasteiger partial charge in [-0.25, -0.2) is 4.98 Å².